The molecule has 2 aromatic carbocycles. The highest BCUT2D eigenvalue weighted by atomic mass is 79.9. The van der Waals surface area contributed by atoms with Gasteiger partial charge in [0.1, 0.15) is 24.2 Å². The van der Waals surface area contributed by atoms with Gasteiger partial charge in [-0.1, -0.05) is 83.4 Å². The number of unbranched alkanes of at least 4 members (excludes halogenated alkanes) is 3. The summed E-state index contributed by atoms with van der Waals surface area (Å²) in [5, 5.41) is 2.74. The first-order valence-electron chi connectivity index (χ1n) is 13.8. The van der Waals surface area contributed by atoms with E-state index in [9.17, 15) is 0 Å². The molecule has 0 aromatic heterocycles. The van der Waals surface area contributed by atoms with Crippen LogP contribution in [0.3, 0.4) is 0 Å². The summed E-state index contributed by atoms with van der Waals surface area (Å²) in [4.78, 5) is 0. The van der Waals surface area contributed by atoms with Gasteiger partial charge in [0.15, 0.2) is 0 Å². The third-order valence-electron chi connectivity index (χ3n) is 10.4. The fourth-order valence-corrected chi connectivity index (χ4v) is 8.83. The third kappa shape index (κ3) is 3.89. The summed E-state index contributed by atoms with van der Waals surface area (Å²) >= 11 is 0. The Hall–Kier alpha value is -0.900. The van der Waals surface area contributed by atoms with Crippen molar-refractivity contribution in [2.24, 2.45) is 23.7 Å². The number of hydrogen-bond donors (Lipinski definition) is 0. The van der Waals surface area contributed by atoms with Gasteiger partial charge in [0.25, 0.3) is 0 Å². The number of rotatable bonds is 9. The average Bonchev–Trinajstić information content (AvgIpc) is 3.33. The summed E-state index contributed by atoms with van der Waals surface area (Å²) in [6.45, 7) is 17.0. The lowest BCUT2D eigenvalue weighted by Gasteiger charge is -2.43. The molecular formula is C31H46BrNO. The molecular weight excluding hydrogens is 482 g/mol. The van der Waals surface area contributed by atoms with Gasteiger partial charge < -0.3 is 26.2 Å². The molecule has 2 nitrogen and oxygen atoms in total. The molecule has 0 N–H and O–H groups in total. The lowest BCUT2D eigenvalue weighted by molar-refractivity contribution is -0.968. The minimum Gasteiger partial charge on any atom is -1.00 e. The third-order valence-corrected chi connectivity index (χ3v) is 10.4. The Labute approximate surface area is 218 Å². The van der Waals surface area contributed by atoms with Crippen molar-refractivity contribution in [3.63, 3.8) is 0 Å². The summed E-state index contributed by atoms with van der Waals surface area (Å²) in [6, 6.07) is 16.0. The summed E-state index contributed by atoms with van der Waals surface area (Å²) in [6.07, 6.45) is 7.91. The van der Waals surface area contributed by atoms with Crippen LogP contribution >= 0.6 is 0 Å². The summed E-state index contributed by atoms with van der Waals surface area (Å²) in [5.41, 5.74) is 1.89. The molecule has 5 rings (SSSR count). The van der Waals surface area contributed by atoms with E-state index in [4.69, 9.17) is 4.74 Å². The Bertz CT molecular complexity index is 990. The average molecular weight is 529 g/mol. The van der Waals surface area contributed by atoms with Gasteiger partial charge in [-0.05, 0) is 48.9 Å². The fourth-order valence-electron chi connectivity index (χ4n) is 8.83. The second kappa shape index (κ2) is 9.87. The molecule has 3 aliphatic rings. The predicted octanol–water partition coefficient (Wildman–Crippen LogP) is 4.60. The van der Waals surface area contributed by atoms with Crippen LogP contribution in [0.4, 0.5) is 0 Å². The van der Waals surface area contributed by atoms with Crippen molar-refractivity contribution in [3.05, 3.63) is 48.0 Å². The van der Waals surface area contributed by atoms with Crippen molar-refractivity contribution in [2.45, 2.75) is 90.8 Å². The maximum atomic E-state index is 7.08. The smallest absolute Gasteiger partial charge is 0.128 e. The molecule has 1 aliphatic carbocycles. The van der Waals surface area contributed by atoms with Gasteiger partial charge >= 0.3 is 0 Å². The van der Waals surface area contributed by atoms with Crippen molar-refractivity contribution in [1.82, 2.24) is 0 Å². The normalized spacial score (nSPS) is 36.2. The number of hydrogen-bond acceptors (Lipinski definition) is 1. The summed E-state index contributed by atoms with van der Waals surface area (Å²) in [7, 11) is 0. The zero-order chi connectivity index (χ0) is 23.3. The minimum absolute atomic E-state index is 0. The highest BCUT2D eigenvalue weighted by molar-refractivity contribution is 5.82. The second-order valence-corrected chi connectivity index (χ2v) is 12.3. The maximum Gasteiger partial charge on any atom is 0.128 e. The lowest BCUT2D eigenvalue weighted by atomic mass is 9.72. The molecule has 34 heavy (non-hydrogen) atoms. The van der Waals surface area contributed by atoms with Crippen LogP contribution < -0.4 is 17.0 Å². The van der Waals surface area contributed by atoms with Gasteiger partial charge in [-0.15, -0.1) is 0 Å². The van der Waals surface area contributed by atoms with E-state index in [1.807, 2.05) is 0 Å². The minimum atomic E-state index is 0. The van der Waals surface area contributed by atoms with E-state index in [0.717, 1.165) is 25.0 Å². The number of quaternary nitrogens is 1. The Morgan fingerprint density at radius 3 is 2.53 bits per heavy atom. The number of ether oxygens (including phenoxy) is 1. The molecule has 2 heterocycles. The van der Waals surface area contributed by atoms with Crippen LogP contribution in [0, 0.1) is 23.7 Å². The number of nitrogens with zero attached hydrogens (tertiary/aromatic N) is 1. The van der Waals surface area contributed by atoms with Crippen LogP contribution in [0.1, 0.15) is 78.7 Å². The second-order valence-electron chi connectivity index (χ2n) is 12.3. The van der Waals surface area contributed by atoms with Crippen molar-refractivity contribution in [2.75, 3.05) is 19.7 Å². The van der Waals surface area contributed by atoms with Gasteiger partial charge in [0.05, 0.1) is 6.54 Å². The quantitative estimate of drug-likeness (QED) is 0.342. The topological polar surface area (TPSA) is 9.23 Å². The molecule has 0 spiro atoms. The monoisotopic (exact) mass is 527 g/mol. The van der Waals surface area contributed by atoms with E-state index in [1.165, 1.54) is 72.4 Å². The molecule has 3 heteroatoms. The van der Waals surface area contributed by atoms with Crippen LogP contribution in [-0.2, 0) is 11.3 Å². The molecule has 0 unspecified atom stereocenters. The lowest BCUT2D eigenvalue weighted by Crippen LogP contribution is -3.00. The molecule has 6 atom stereocenters. The molecule has 2 saturated heterocycles. The van der Waals surface area contributed by atoms with E-state index in [2.05, 4.69) is 77.1 Å². The van der Waals surface area contributed by atoms with Crippen LogP contribution in [0.5, 0.6) is 0 Å². The van der Waals surface area contributed by atoms with Crippen molar-refractivity contribution in [1.29, 1.82) is 0 Å². The fraction of sp³-hybridized carbons (Fsp3) is 0.677. The molecule has 188 valence electrons. The predicted molar refractivity (Wildman–Crippen MR) is 139 cm³/mol. The zero-order valence-corrected chi connectivity index (χ0v) is 23.7. The van der Waals surface area contributed by atoms with Crippen molar-refractivity contribution in [3.8, 4) is 0 Å². The van der Waals surface area contributed by atoms with Gasteiger partial charge in [0, 0.05) is 29.9 Å². The first-order valence-corrected chi connectivity index (χ1v) is 13.8. The Morgan fingerprint density at radius 2 is 1.79 bits per heavy atom. The highest BCUT2D eigenvalue weighted by Gasteiger charge is 2.78. The van der Waals surface area contributed by atoms with Crippen LogP contribution in [-0.4, -0.2) is 35.3 Å². The van der Waals surface area contributed by atoms with E-state index >= 15 is 0 Å². The molecule has 1 saturated carbocycles. The van der Waals surface area contributed by atoms with E-state index in [0.29, 0.717) is 17.4 Å². The summed E-state index contributed by atoms with van der Waals surface area (Å²) in [5.74, 6) is 2.91. The Morgan fingerprint density at radius 1 is 1.03 bits per heavy atom. The molecule has 0 radical (unpaired) electrons. The van der Waals surface area contributed by atoms with E-state index in [1.54, 1.807) is 0 Å². The van der Waals surface area contributed by atoms with Crippen molar-refractivity contribution < 1.29 is 26.2 Å². The van der Waals surface area contributed by atoms with Crippen molar-refractivity contribution >= 4 is 10.8 Å². The van der Waals surface area contributed by atoms with Gasteiger partial charge in [-0.2, -0.15) is 0 Å². The zero-order valence-electron chi connectivity index (χ0n) is 22.2. The van der Waals surface area contributed by atoms with Gasteiger partial charge in [-0.25, -0.2) is 0 Å². The standard InChI is InChI=1S/C31H46NO.BrH/c1-6-7-8-11-18-33-31(23(2)3)22-32(20-24(4)28-16-17-29(31)30(28,32)5)21-25-14-15-26-12-9-10-13-27(26)19-25;/h9-10,12-15,19,23-24,28-29H,6-8,11,16-18,20-22H2,1-5H3;1H/q+1;/p-1/t24-,28+,29+,30-,31+,32-;/m1./s1. The first kappa shape index (κ1) is 26.2. The van der Waals surface area contributed by atoms with E-state index < -0.39 is 0 Å². The van der Waals surface area contributed by atoms with Crippen LogP contribution in [0.25, 0.3) is 10.8 Å². The SMILES string of the molecule is CCCCCCO[C@]1(C(C)C)C[N@+]2(Cc3ccc4ccccc4c3)C[C@@H](C)[C@@H]3CC[C@H]1[C@@]32C.[Br-]. The van der Waals surface area contributed by atoms with Crippen LogP contribution in [0.2, 0.25) is 0 Å². The maximum absolute atomic E-state index is 7.08. The molecule has 0 bridgehead atoms. The molecule has 3 fully saturated rings. The molecule has 0 amide bonds. The van der Waals surface area contributed by atoms with Gasteiger partial charge in [0.2, 0.25) is 0 Å². The molecule has 2 aromatic rings. The largest absolute Gasteiger partial charge is 1.00 e. The highest BCUT2D eigenvalue weighted by Crippen LogP contribution is 2.67. The number of fused-ring (bicyclic) bond motifs is 1. The first-order chi connectivity index (χ1) is 15.9. The molecule has 2 aliphatic heterocycles. The summed E-state index contributed by atoms with van der Waals surface area (Å²) < 4.78 is 8.33. The number of halogens is 1. The Kier molecular flexibility index (Phi) is 7.59. The van der Waals surface area contributed by atoms with Crippen LogP contribution in [0.15, 0.2) is 42.5 Å². The number of benzene rings is 2. The van der Waals surface area contributed by atoms with E-state index in [-0.39, 0.29) is 22.6 Å². The van der Waals surface area contributed by atoms with Gasteiger partial charge in [-0.3, -0.25) is 0 Å². The Balaban J connectivity index is 0.00000274.